The van der Waals surface area contributed by atoms with Gasteiger partial charge in [0, 0.05) is 75.2 Å². The van der Waals surface area contributed by atoms with Crippen molar-refractivity contribution in [1.29, 1.82) is 0 Å². The molecule has 1 saturated heterocycles. The number of rotatable bonds is 9. The van der Waals surface area contributed by atoms with E-state index in [-0.39, 0.29) is 12.0 Å². The van der Waals surface area contributed by atoms with Gasteiger partial charge in [0.05, 0.1) is 11.3 Å². The lowest BCUT2D eigenvalue weighted by molar-refractivity contribution is 0.102. The Balaban J connectivity index is 1.33. The molecule has 1 amide bonds. The van der Waals surface area contributed by atoms with Gasteiger partial charge in [0.2, 0.25) is 0 Å². The monoisotopic (exact) mass is 554 g/mol. The minimum absolute atomic E-state index is 0.229. The van der Waals surface area contributed by atoms with Crippen LogP contribution in [0.3, 0.4) is 0 Å². The molecule has 4 aromatic rings. The van der Waals surface area contributed by atoms with Crippen molar-refractivity contribution in [2.75, 3.05) is 31.5 Å². The number of benzene rings is 1. The van der Waals surface area contributed by atoms with Gasteiger partial charge < -0.3 is 20.4 Å². The number of carbonyl (C=O) groups excluding carboxylic acids is 1. The molecule has 41 heavy (non-hydrogen) atoms. The van der Waals surface area contributed by atoms with Crippen molar-refractivity contribution in [3.8, 4) is 17.1 Å². The molecule has 3 aromatic heterocycles. The third-order valence-corrected chi connectivity index (χ3v) is 7.90. The summed E-state index contributed by atoms with van der Waals surface area (Å²) in [6.07, 6.45) is 9.54. The second-order valence-electron chi connectivity index (χ2n) is 11.4. The number of nitrogens with zero attached hydrogens (tertiary/aromatic N) is 5. The van der Waals surface area contributed by atoms with Crippen molar-refractivity contribution in [3.63, 3.8) is 0 Å². The molecule has 1 aromatic carbocycles. The van der Waals surface area contributed by atoms with E-state index in [9.17, 15) is 4.79 Å². The number of ether oxygens (including phenoxy) is 1. The zero-order valence-electron chi connectivity index (χ0n) is 24.1. The maximum Gasteiger partial charge on any atom is 0.257 e. The van der Waals surface area contributed by atoms with Crippen molar-refractivity contribution in [3.05, 3.63) is 77.0 Å². The number of carbonyl (C=O) groups is 1. The van der Waals surface area contributed by atoms with Crippen molar-refractivity contribution < 1.29 is 9.53 Å². The molecule has 214 valence electrons. The average Bonchev–Trinajstić information content (AvgIpc) is 3.56. The molecule has 10 nitrogen and oxygen atoms in total. The fraction of sp³-hybridized carbons (Fsp3) is 0.419. The second kappa shape index (κ2) is 11.5. The van der Waals surface area contributed by atoms with Crippen molar-refractivity contribution in [2.45, 2.75) is 51.7 Å². The topological polar surface area (TPSA) is 113 Å². The summed E-state index contributed by atoms with van der Waals surface area (Å²) in [4.78, 5) is 28.4. The Bertz CT molecular complexity index is 1510. The van der Waals surface area contributed by atoms with E-state index in [0.717, 1.165) is 42.0 Å². The van der Waals surface area contributed by atoms with Gasteiger partial charge in [0.1, 0.15) is 11.6 Å². The SMILES string of the molecule is Cc1cc(OC(CN2CCN[C@H](C)C2)c2ccc(C3CC3)cn2)c(-c2ncc[nH]2)cc1C(=O)Nc1nn(C)cc1C. The van der Waals surface area contributed by atoms with Gasteiger partial charge in [-0.2, -0.15) is 5.10 Å². The van der Waals surface area contributed by atoms with E-state index in [4.69, 9.17) is 9.72 Å². The van der Waals surface area contributed by atoms with Crippen LogP contribution in [-0.4, -0.2) is 67.8 Å². The van der Waals surface area contributed by atoms with Gasteiger partial charge in [0.25, 0.3) is 5.91 Å². The van der Waals surface area contributed by atoms with Crippen LogP contribution in [0.25, 0.3) is 11.4 Å². The largest absolute Gasteiger partial charge is 0.482 e. The van der Waals surface area contributed by atoms with E-state index in [1.165, 1.54) is 18.4 Å². The molecule has 2 fully saturated rings. The fourth-order valence-electron chi connectivity index (χ4n) is 5.55. The molecule has 2 atom stereocenters. The summed E-state index contributed by atoms with van der Waals surface area (Å²) in [5, 5.41) is 10.9. The summed E-state index contributed by atoms with van der Waals surface area (Å²) in [6, 6.07) is 8.51. The molecule has 1 aliphatic heterocycles. The quantitative estimate of drug-likeness (QED) is 0.282. The summed E-state index contributed by atoms with van der Waals surface area (Å²) in [6.45, 7) is 9.59. The number of aryl methyl sites for hydroxylation is 3. The lowest BCUT2D eigenvalue weighted by Gasteiger charge is -2.34. The second-order valence-corrected chi connectivity index (χ2v) is 11.4. The standard InChI is InChI=1S/C31H38N8O2/c1-19-13-27(25(30-33-9-10-34-30)14-24(19)31(40)36-29-20(2)16-38(4)37-29)41-28(18-39-12-11-32-21(3)17-39)26-8-7-23(15-35-26)22-5-6-22/h7-10,13-16,21-22,28,32H,5-6,11-12,17-18H2,1-4H3,(H,33,34)(H,36,37,40)/t21-,28?/m1/s1. The number of piperazine rings is 1. The van der Waals surface area contributed by atoms with E-state index in [2.05, 4.69) is 49.7 Å². The molecule has 1 saturated carbocycles. The number of anilines is 1. The van der Waals surface area contributed by atoms with Crippen molar-refractivity contribution >= 4 is 11.7 Å². The van der Waals surface area contributed by atoms with E-state index in [1.54, 1.807) is 17.1 Å². The zero-order chi connectivity index (χ0) is 28.5. The number of nitrogens with one attached hydrogen (secondary N) is 3. The highest BCUT2D eigenvalue weighted by molar-refractivity contribution is 6.06. The minimum Gasteiger partial charge on any atom is -0.482 e. The van der Waals surface area contributed by atoms with E-state index in [0.29, 0.717) is 41.5 Å². The molecule has 6 rings (SSSR count). The first-order valence-corrected chi connectivity index (χ1v) is 14.4. The predicted molar refractivity (Wildman–Crippen MR) is 158 cm³/mol. The number of aromatic amines is 1. The van der Waals surface area contributed by atoms with Crippen LogP contribution in [-0.2, 0) is 7.05 Å². The lowest BCUT2D eigenvalue weighted by Crippen LogP contribution is -2.50. The molecule has 4 heterocycles. The van der Waals surface area contributed by atoms with Crippen LogP contribution in [0.5, 0.6) is 5.75 Å². The number of aromatic nitrogens is 5. The molecule has 2 aliphatic rings. The van der Waals surface area contributed by atoms with Gasteiger partial charge in [-0.1, -0.05) is 6.07 Å². The number of pyridine rings is 1. The molecule has 1 aliphatic carbocycles. The molecule has 0 spiro atoms. The zero-order valence-corrected chi connectivity index (χ0v) is 24.1. The Hall–Kier alpha value is -4.02. The molecule has 0 bridgehead atoms. The Labute approximate surface area is 240 Å². The summed E-state index contributed by atoms with van der Waals surface area (Å²) in [5.41, 5.74) is 5.15. The minimum atomic E-state index is -0.294. The summed E-state index contributed by atoms with van der Waals surface area (Å²) < 4.78 is 8.52. The van der Waals surface area contributed by atoms with Gasteiger partial charge in [-0.3, -0.25) is 19.4 Å². The van der Waals surface area contributed by atoms with Crippen LogP contribution in [0.1, 0.15) is 64.5 Å². The molecular weight excluding hydrogens is 516 g/mol. The van der Waals surface area contributed by atoms with Gasteiger partial charge >= 0.3 is 0 Å². The number of imidazole rings is 1. The van der Waals surface area contributed by atoms with Crippen molar-refractivity contribution in [1.82, 2.24) is 34.9 Å². The lowest BCUT2D eigenvalue weighted by atomic mass is 10.0. The van der Waals surface area contributed by atoms with E-state index in [1.807, 2.05) is 45.4 Å². The first kappa shape index (κ1) is 27.2. The molecule has 3 N–H and O–H groups in total. The van der Waals surface area contributed by atoms with Crippen LogP contribution < -0.4 is 15.4 Å². The van der Waals surface area contributed by atoms with Crippen LogP contribution >= 0.6 is 0 Å². The Morgan fingerprint density at radius 1 is 1.20 bits per heavy atom. The maximum absolute atomic E-state index is 13.4. The normalized spacial score (nSPS) is 18.3. The van der Waals surface area contributed by atoms with E-state index >= 15 is 0 Å². The Morgan fingerprint density at radius 2 is 2.05 bits per heavy atom. The number of H-pyrrole nitrogens is 1. The average molecular weight is 555 g/mol. The number of hydrogen-bond donors (Lipinski definition) is 3. The smallest absolute Gasteiger partial charge is 0.257 e. The van der Waals surface area contributed by atoms with Crippen LogP contribution in [0.15, 0.2) is 49.1 Å². The third kappa shape index (κ3) is 6.18. The molecule has 10 heteroatoms. The van der Waals surface area contributed by atoms with Gasteiger partial charge in [-0.25, -0.2) is 4.98 Å². The third-order valence-electron chi connectivity index (χ3n) is 7.90. The first-order chi connectivity index (χ1) is 19.8. The first-order valence-electron chi connectivity index (χ1n) is 14.4. The fourth-order valence-corrected chi connectivity index (χ4v) is 5.55. The van der Waals surface area contributed by atoms with Crippen LogP contribution in [0, 0.1) is 13.8 Å². The summed E-state index contributed by atoms with van der Waals surface area (Å²) in [7, 11) is 1.83. The van der Waals surface area contributed by atoms with E-state index < -0.39 is 0 Å². The van der Waals surface area contributed by atoms with Crippen LogP contribution in [0.2, 0.25) is 0 Å². The van der Waals surface area contributed by atoms with Crippen LogP contribution in [0.4, 0.5) is 5.82 Å². The predicted octanol–water partition coefficient (Wildman–Crippen LogP) is 4.37. The molecule has 1 unspecified atom stereocenters. The Morgan fingerprint density at radius 3 is 2.71 bits per heavy atom. The maximum atomic E-state index is 13.4. The van der Waals surface area contributed by atoms with Gasteiger partial charge in [-0.05, 0) is 68.9 Å². The highest BCUT2D eigenvalue weighted by atomic mass is 16.5. The number of hydrogen-bond acceptors (Lipinski definition) is 7. The summed E-state index contributed by atoms with van der Waals surface area (Å²) >= 11 is 0. The molecular formula is C31H38N8O2. The van der Waals surface area contributed by atoms with Gasteiger partial charge in [-0.15, -0.1) is 0 Å². The molecule has 0 radical (unpaired) electrons. The number of amides is 1. The summed E-state index contributed by atoms with van der Waals surface area (Å²) in [5.74, 6) is 2.25. The van der Waals surface area contributed by atoms with Gasteiger partial charge in [0.15, 0.2) is 11.9 Å². The Kier molecular flexibility index (Phi) is 7.59. The highest BCUT2D eigenvalue weighted by Crippen LogP contribution is 2.40. The van der Waals surface area contributed by atoms with Crippen molar-refractivity contribution in [2.24, 2.45) is 7.05 Å². The highest BCUT2D eigenvalue weighted by Gasteiger charge is 2.28.